The van der Waals surface area contributed by atoms with Crippen LogP contribution in [0.5, 0.6) is 5.75 Å². The van der Waals surface area contributed by atoms with E-state index in [2.05, 4.69) is 4.98 Å². The summed E-state index contributed by atoms with van der Waals surface area (Å²) < 4.78 is 39.7. The molecule has 1 atom stereocenters. The molecular formula is C20H20ClN3O5S3. The van der Waals surface area contributed by atoms with Crippen LogP contribution in [0, 0.1) is 0 Å². The van der Waals surface area contributed by atoms with Crippen LogP contribution in [0.4, 0.5) is 5.13 Å². The van der Waals surface area contributed by atoms with Crippen LogP contribution in [0.1, 0.15) is 12.8 Å². The molecule has 0 aliphatic carbocycles. The monoisotopic (exact) mass is 513 g/mol. The minimum absolute atomic E-state index is 0.142. The van der Waals surface area contributed by atoms with Gasteiger partial charge < -0.3 is 14.4 Å². The zero-order valence-corrected chi connectivity index (χ0v) is 20.3. The number of methoxy groups -OCH3 is 1. The third-order valence-corrected chi connectivity index (χ3v) is 10.3. The van der Waals surface area contributed by atoms with Crippen molar-refractivity contribution in [2.45, 2.75) is 29.2 Å². The first-order chi connectivity index (χ1) is 15.4. The number of aromatic nitrogens is 1. The molecule has 2 fully saturated rings. The van der Waals surface area contributed by atoms with Crippen molar-refractivity contribution in [1.82, 2.24) is 9.29 Å². The Morgan fingerprint density at radius 3 is 2.75 bits per heavy atom. The summed E-state index contributed by atoms with van der Waals surface area (Å²) in [5, 5.41) is 0.844. The van der Waals surface area contributed by atoms with Gasteiger partial charge in [0.05, 0.1) is 29.2 Å². The van der Waals surface area contributed by atoms with Crippen molar-refractivity contribution in [2.24, 2.45) is 0 Å². The molecule has 2 aliphatic heterocycles. The van der Waals surface area contributed by atoms with E-state index < -0.39 is 22.0 Å². The normalized spacial score (nSPS) is 19.9. The topological polar surface area (TPSA) is 89.0 Å². The number of anilines is 1. The average molecular weight is 514 g/mol. The standard InChI is InChI=1S/C20H20ClN3O5S3/c1-28-14-5-2-6-15-18(14)22-20(30-15)23-10-12(11-23)29-19(25)13-4-3-9-24(13)32(26,27)17-8-7-16(21)31-17/h2,5-8,12-13H,3-4,9-11H2,1H3. The number of fused-ring (bicyclic) bond motifs is 1. The first kappa shape index (κ1) is 21.9. The van der Waals surface area contributed by atoms with Crippen LogP contribution in [0.3, 0.4) is 0 Å². The number of para-hydroxylation sites is 1. The van der Waals surface area contributed by atoms with E-state index >= 15 is 0 Å². The molecule has 2 saturated heterocycles. The van der Waals surface area contributed by atoms with Gasteiger partial charge in [-0.1, -0.05) is 29.0 Å². The van der Waals surface area contributed by atoms with E-state index in [1.807, 2.05) is 23.1 Å². The Morgan fingerprint density at radius 2 is 2.03 bits per heavy atom. The molecule has 5 rings (SSSR count). The number of nitrogens with zero attached hydrogens (tertiary/aromatic N) is 3. The van der Waals surface area contributed by atoms with Gasteiger partial charge in [-0.15, -0.1) is 11.3 Å². The first-order valence-corrected chi connectivity index (χ1v) is 13.5. The summed E-state index contributed by atoms with van der Waals surface area (Å²) in [5.41, 5.74) is 0.816. The Balaban J connectivity index is 1.23. The molecule has 2 aliphatic rings. The highest BCUT2D eigenvalue weighted by molar-refractivity contribution is 7.91. The number of carbonyl (C=O) groups excluding carboxylic acids is 1. The second-order valence-corrected chi connectivity index (χ2v) is 12.4. The number of thiophene rings is 1. The fourth-order valence-electron chi connectivity index (χ4n) is 3.94. The number of halogens is 1. The smallest absolute Gasteiger partial charge is 0.324 e. The molecule has 0 radical (unpaired) electrons. The van der Waals surface area contributed by atoms with Gasteiger partial charge in [-0.2, -0.15) is 4.31 Å². The van der Waals surface area contributed by atoms with E-state index in [-0.39, 0.29) is 10.3 Å². The number of hydrogen-bond acceptors (Lipinski definition) is 9. The zero-order valence-electron chi connectivity index (χ0n) is 17.1. The molecule has 2 aromatic heterocycles. The lowest BCUT2D eigenvalue weighted by molar-refractivity contribution is -0.154. The van der Waals surface area contributed by atoms with Crippen LogP contribution in [0.2, 0.25) is 4.34 Å². The van der Waals surface area contributed by atoms with Crippen LogP contribution in [0.25, 0.3) is 10.2 Å². The fraction of sp³-hybridized carbons (Fsp3) is 0.400. The molecule has 3 aromatic rings. The Labute approximate surface area is 198 Å². The molecule has 0 amide bonds. The number of carbonyl (C=O) groups is 1. The molecule has 1 unspecified atom stereocenters. The number of sulfonamides is 1. The Kier molecular flexibility index (Phi) is 5.79. The van der Waals surface area contributed by atoms with Crippen molar-refractivity contribution < 1.29 is 22.7 Å². The van der Waals surface area contributed by atoms with Crippen molar-refractivity contribution in [2.75, 3.05) is 31.6 Å². The predicted octanol–water partition coefficient (Wildman–Crippen LogP) is 3.60. The van der Waals surface area contributed by atoms with Crippen LogP contribution in [-0.2, 0) is 19.6 Å². The minimum atomic E-state index is -3.78. The Bertz CT molecular complexity index is 1270. The quantitative estimate of drug-likeness (QED) is 0.465. The third kappa shape index (κ3) is 3.86. The van der Waals surface area contributed by atoms with Gasteiger partial charge in [0.1, 0.15) is 27.6 Å². The van der Waals surface area contributed by atoms with Gasteiger partial charge in [-0.05, 0) is 37.1 Å². The molecule has 0 saturated carbocycles. The summed E-state index contributed by atoms with van der Waals surface area (Å²) in [6, 6.07) is 8.00. The van der Waals surface area contributed by atoms with Crippen molar-refractivity contribution in [3.05, 3.63) is 34.7 Å². The van der Waals surface area contributed by atoms with Crippen LogP contribution in [0.15, 0.2) is 34.5 Å². The van der Waals surface area contributed by atoms with Crippen molar-refractivity contribution in [1.29, 1.82) is 0 Å². The van der Waals surface area contributed by atoms with E-state index in [4.69, 9.17) is 21.1 Å². The summed E-state index contributed by atoms with van der Waals surface area (Å²) in [7, 11) is -2.16. The van der Waals surface area contributed by atoms with Crippen molar-refractivity contribution in [3.8, 4) is 5.75 Å². The van der Waals surface area contributed by atoms with E-state index in [1.165, 1.54) is 10.4 Å². The molecule has 32 heavy (non-hydrogen) atoms. The van der Waals surface area contributed by atoms with E-state index in [1.54, 1.807) is 24.5 Å². The van der Waals surface area contributed by atoms with Gasteiger partial charge in [0.25, 0.3) is 10.0 Å². The van der Waals surface area contributed by atoms with Crippen molar-refractivity contribution >= 4 is 65.6 Å². The Hall–Kier alpha value is -1.92. The molecule has 0 bridgehead atoms. The van der Waals surface area contributed by atoms with E-state index in [0.717, 1.165) is 32.4 Å². The number of ether oxygens (including phenoxy) is 2. The maximum atomic E-state index is 13.0. The number of hydrogen-bond donors (Lipinski definition) is 0. The number of esters is 1. The van der Waals surface area contributed by atoms with E-state index in [9.17, 15) is 13.2 Å². The van der Waals surface area contributed by atoms with Crippen LogP contribution < -0.4 is 9.64 Å². The summed E-state index contributed by atoms with van der Waals surface area (Å²) in [4.78, 5) is 19.5. The summed E-state index contributed by atoms with van der Waals surface area (Å²) in [6.07, 6.45) is 0.769. The fourth-order valence-corrected chi connectivity index (χ4v) is 8.20. The van der Waals surface area contributed by atoms with Crippen molar-refractivity contribution in [3.63, 3.8) is 0 Å². The minimum Gasteiger partial charge on any atom is -0.494 e. The Morgan fingerprint density at radius 1 is 1.22 bits per heavy atom. The average Bonchev–Trinajstić information content (AvgIpc) is 3.48. The van der Waals surface area contributed by atoms with Gasteiger partial charge in [0.15, 0.2) is 5.13 Å². The lowest BCUT2D eigenvalue weighted by atomic mass is 10.2. The zero-order chi connectivity index (χ0) is 22.5. The van der Waals surface area contributed by atoms with Gasteiger partial charge >= 0.3 is 5.97 Å². The van der Waals surface area contributed by atoms with Gasteiger partial charge in [-0.25, -0.2) is 13.4 Å². The number of thiazole rings is 1. The highest BCUT2D eigenvalue weighted by atomic mass is 35.5. The maximum absolute atomic E-state index is 13.0. The van der Waals surface area contributed by atoms with Gasteiger partial charge in [-0.3, -0.25) is 4.79 Å². The second-order valence-electron chi connectivity index (χ2n) is 7.60. The second kappa shape index (κ2) is 8.45. The molecule has 12 heteroatoms. The highest BCUT2D eigenvalue weighted by Gasteiger charge is 2.43. The van der Waals surface area contributed by atoms with Crippen LogP contribution >= 0.6 is 34.3 Å². The molecule has 0 N–H and O–H groups in total. The summed E-state index contributed by atoms with van der Waals surface area (Å²) in [6.45, 7) is 1.34. The molecule has 8 nitrogen and oxygen atoms in total. The summed E-state index contributed by atoms with van der Waals surface area (Å²) in [5.74, 6) is 0.229. The lowest BCUT2D eigenvalue weighted by Crippen LogP contribution is -2.54. The van der Waals surface area contributed by atoms with Crippen LogP contribution in [-0.4, -0.2) is 62.6 Å². The first-order valence-electron chi connectivity index (χ1n) is 10.0. The summed E-state index contributed by atoms with van der Waals surface area (Å²) >= 11 is 8.45. The predicted molar refractivity (Wildman–Crippen MR) is 125 cm³/mol. The molecule has 170 valence electrons. The third-order valence-electron chi connectivity index (χ3n) is 5.58. The molecule has 4 heterocycles. The molecular weight excluding hydrogens is 494 g/mol. The lowest BCUT2D eigenvalue weighted by Gasteiger charge is -2.38. The molecule has 0 spiro atoms. The van der Waals surface area contributed by atoms with E-state index in [0.29, 0.717) is 36.8 Å². The van der Waals surface area contributed by atoms with Gasteiger partial charge in [0, 0.05) is 6.54 Å². The number of rotatable bonds is 6. The molecule has 1 aromatic carbocycles. The maximum Gasteiger partial charge on any atom is 0.324 e. The SMILES string of the molecule is COc1cccc2sc(N3CC(OC(=O)C4CCCN4S(=O)(=O)c4ccc(Cl)s4)C3)nc12. The van der Waals surface area contributed by atoms with Gasteiger partial charge in [0.2, 0.25) is 0 Å². The number of benzene rings is 1. The highest BCUT2D eigenvalue weighted by Crippen LogP contribution is 2.37. The largest absolute Gasteiger partial charge is 0.494 e.